The Kier molecular flexibility index (Phi) is 24.6. The number of anilines is 1. The second-order valence-electron chi connectivity index (χ2n) is 15.6. The summed E-state index contributed by atoms with van der Waals surface area (Å²) in [6.07, 6.45) is 6.75. The summed E-state index contributed by atoms with van der Waals surface area (Å²) in [4.78, 5) is 88.2. The first kappa shape index (κ1) is 57.6. The zero-order valence-electron chi connectivity index (χ0n) is 36.3. The molecule has 2 aromatic rings. The highest BCUT2D eigenvalue weighted by Crippen LogP contribution is 2.61. The highest BCUT2D eigenvalue weighted by atomic mass is 32.2. The van der Waals surface area contributed by atoms with Gasteiger partial charge in [0.1, 0.15) is 36.3 Å². The lowest BCUT2D eigenvalue weighted by molar-refractivity contribution is -0.137. The molecule has 1 aliphatic heterocycles. The normalized spacial score (nSPS) is 20.3. The predicted molar refractivity (Wildman–Crippen MR) is 233 cm³/mol. The van der Waals surface area contributed by atoms with Gasteiger partial charge in [0.2, 0.25) is 11.8 Å². The summed E-state index contributed by atoms with van der Waals surface area (Å²) in [5.41, 5.74) is 4.29. The van der Waals surface area contributed by atoms with Crippen molar-refractivity contribution in [2.24, 2.45) is 5.41 Å². The smallest absolute Gasteiger partial charge is 0.386 e. The number of ether oxygens (including phenoxy) is 1. The number of imidazole rings is 1. The van der Waals surface area contributed by atoms with Gasteiger partial charge in [-0.15, -0.1) is 0 Å². The summed E-state index contributed by atoms with van der Waals surface area (Å²) in [6, 6.07) is 0. The van der Waals surface area contributed by atoms with Crippen LogP contribution in [0.25, 0.3) is 11.2 Å². The molecule has 3 rings (SSSR count). The van der Waals surface area contributed by atoms with Crippen LogP contribution >= 0.6 is 35.2 Å². The molecule has 2 aromatic heterocycles. The number of fused-ring (bicyclic) bond motifs is 1. The second kappa shape index (κ2) is 27.4. The first-order chi connectivity index (χ1) is 29.6. The van der Waals surface area contributed by atoms with Gasteiger partial charge in [-0.1, -0.05) is 96.7 Å². The third-order valence-electron chi connectivity index (χ3n) is 9.75. The molecule has 25 nitrogen and oxygen atoms in total. The number of phosphoric ester groups is 3. The van der Waals surface area contributed by atoms with Gasteiger partial charge >= 0.3 is 23.5 Å². The van der Waals surface area contributed by atoms with E-state index in [4.69, 9.17) is 19.5 Å². The van der Waals surface area contributed by atoms with Crippen LogP contribution in [-0.2, 0) is 50.7 Å². The summed E-state index contributed by atoms with van der Waals surface area (Å²) in [7, 11) is -16.4. The van der Waals surface area contributed by atoms with Gasteiger partial charge in [0.05, 0.1) is 19.5 Å². The van der Waals surface area contributed by atoms with E-state index >= 15 is 0 Å². The molecule has 7 atom stereocenters. The Morgan fingerprint density at radius 3 is 2.14 bits per heavy atom. The van der Waals surface area contributed by atoms with Gasteiger partial charge in [-0.05, 0) is 6.42 Å². The number of aliphatic hydroxyl groups is 2. The molecule has 0 spiro atoms. The Labute approximate surface area is 375 Å². The van der Waals surface area contributed by atoms with Gasteiger partial charge < -0.3 is 57.0 Å². The van der Waals surface area contributed by atoms with Crippen molar-refractivity contribution in [2.45, 2.75) is 135 Å². The molecule has 1 aliphatic rings. The van der Waals surface area contributed by atoms with Crippen LogP contribution in [0.3, 0.4) is 0 Å². The topological polar surface area (TPSA) is 399 Å². The molecule has 7 unspecified atom stereocenters. The number of carbonyl (C=O) groups excluding carboxylic acids is 3. The van der Waals surface area contributed by atoms with E-state index in [1.165, 1.54) is 65.2 Å². The maximum Gasteiger partial charge on any atom is 0.481 e. The van der Waals surface area contributed by atoms with Crippen LogP contribution in [0, 0.1) is 5.41 Å². The number of carbonyl (C=O) groups is 3. The lowest BCUT2D eigenvalue weighted by Crippen LogP contribution is -2.46. The van der Waals surface area contributed by atoms with Crippen LogP contribution in [0.2, 0.25) is 0 Å². The summed E-state index contributed by atoms with van der Waals surface area (Å²) in [5.74, 6) is -1.02. The Hall–Kier alpha value is -2.48. The molecule has 368 valence electrons. The number of thioether (sulfide) groups is 1. The molecule has 64 heavy (non-hydrogen) atoms. The molecule has 0 saturated carbocycles. The fourth-order valence-corrected chi connectivity index (χ4v) is 9.85. The quantitative estimate of drug-likeness (QED) is 0.0381. The largest absolute Gasteiger partial charge is 0.481 e. The fourth-order valence-electron chi connectivity index (χ4n) is 6.30. The zero-order valence-corrected chi connectivity index (χ0v) is 39.8. The zero-order chi connectivity index (χ0) is 46.8. The minimum absolute atomic E-state index is 0. The first-order valence-electron chi connectivity index (χ1n) is 20.6. The van der Waals surface area contributed by atoms with Gasteiger partial charge in [-0.25, -0.2) is 28.6 Å². The van der Waals surface area contributed by atoms with Crippen LogP contribution < -0.4 is 22.5 Å². The van der Waals surface area contributed by atoms with E-state index < -0.39 is 84.6 Å². The van der Waals surface area contributed by atoms with E-state index in [0.717, 1.165) is 48.2 Å². The number of nitrogens with one attached hydrogen (secondary N) is 2. The minimum Gasteiger partial charge on any atom is -0.386 e. The highest BCUT2D eigenvalue weighted by Gasteiger charge is 2.50. The summed E-state index contributed by atoms with van der Waals surface area (Å²) in [6.45, 7) is 2.79. The van der Waals surface area contributed by atoms with Crippen LogP contribution in [-0.4, -0.2) is 123 Å². The molecular formula is C35H65N8O17P3S. The number of aliphatic hydroxyl groups excluding tert-OH is 2. The standard InChI is InChI=1S/C35H62N7O17P3S.H3N/c1-4-5-6-7-8-9-10-11-12-13-14-15-26(44)63-19-18-37-25(43)16-17-38-33(47)30(46)35(2,3)21-56-62(53,54)59-61(51,52)55-20-24-29(58-60(48,49)50)28(45)34(57-24)42-23-41-27-31(36)39-22-40-32(27)42;/h22-24,28-30,34,45-46H,4-21H2,1-3H3,(H,37,43)(H,38,47)(H,51,52)(H,53,54)(H2,36,39,40)(H2,48,49,50);1H3. The van der Waals surface area contributed by atoms with Crippen LogP contribution in [0.5, 0.6) is 0 Å². The number of nitrogens with two attached hydrogens (primary N) is 1. The van der Waals surface area contributed by atoms with E-state index in [0.29, 0.717) is 12.2 Å². The van der Waals surface area contributed by atoms with Gasteiger partial charge in [-0.2, -0.15) is 4.31 Å². The summed E-state index contributed by atoms with van der Waals surface area (Å²) in [5, 5.41) is 26.6. The Morgan fingerprint density at radius 1 is 0.906 bits per heavy atom. The lowest BCUT2D eigenvalue weighted by atomic mass is 9.87. The number of nitrogen functional groups attached to an aromatic ring is 1. The number of phosphoric acid groups is 3. The molecule has 0 radical (unpaired) electrons. The van der Waals surface area contributed by atoms with Crippen molar-refractivity contribution in [2.75, 3.05) is 37.8 Å². The van der Waals surface area contributed by atoms with E-state index in [1.807, 2.05) is 0 Å². The van der Waals surface area contributed by atoms with Crippen molar-refractivity contribution in [3.63, 3.8) is 0 Å². The SMILES string of the molecule is CCCCCCCCCCCCCC(=O)SCCNC(=O)CCNC(=O)C(O)C(C)(C)COP(=O)(O)OP(=O)(O)OCC1OC(n2cnc3c(N)ncnc32)C(O)C1OP(=O)(O)O.N. The second-order valence-corrected chi connectivity index (χ2v) is 21.0. The number of nitrogens with zero attached hydrogens (tertiary/aromatic N) is 4. The number of hydrogen-bond donors (Lipinski definition) is 10. The van der Waals surface area contributed by atoms with Crippen LogP contribution in [0.15, 0.2) is 12.7 Å². The molecular weight excluding hydrogens is 929 g/mol. The minimum atomic E-state index is -5.57. The Bertz CT molecular complexity index is 1930. The van der Waals surface area contributed by atoms with Crippen molar-refractivity contribution >= 4 is 69.1 Å². The number of rotatable bonds is 31. The van der Waals surface area contributed by atoms with Crippen molar-refractivity contribution in [1.29, 1.82) is 0 Å². The third-order valence-corrected chi connectivity index (χ3v) is 13.8. The van der Waals surface area contributed by atoms with Crippen molar-refractivity contribution in [3.05, 3.63) is 12.7 Å². The number of unbranched alkanes of at least 4 members (excludes halogenated alkanes) is 10. The van der Waals surface area contributed by atoms with E-state index in [2.05, 4.69) is 41.3 Å². The summed E-state index contributed by atoms with van der Waals surface area (Å²) >= 11 is 1.15. The summed E-state index contributed by atoms with van der Waals surface area (Å²) < 4.78 is 62.3. The maximum absolute atomic E-state index is 12.7. The van der Waals surface area contributed by atoms with Gasteiger partial charge in [-0.3, -0.25) is 32.5 Å². The van der Waals surface area contributed by atoms with Crippen molar-refractivity contribution in [3.8, 4) is 0 Å². The average Bonchev–Trinajstić information content (AvgIpc) is 3.76. The maximum atomic E-state index is 12.7. The predicted octanol–water partition coefficient (Wildman–Crippen LogP) is 3.53. The molecule has 0 bridgehead atoms. The van der Waals surface area contributed by atoms with E-state index in [-0.39, 0.29) is 47.8 Å². The molecule has 0 aliphatic carbocycles. The lowest BCUT2D eigenvalue weighted by Gasteiger charge is -2.30. The third kappa shape index (κ3) is 20.2. The van der Waals surface area contributed by atoms with Gasteiger partial charge in [0, 0.05) is 37.1 Å². The molecule has 1 fully saturated rings. The molecule has 29 heteroatoms. The number of hydrogen-bond acceptors (Lipinski definition) is 19. The number of aromatic nitrogens is 4. The Balaban J connectivity index is 0.0000141. The van der Waals surface area contributed by atoms with E-state index in [1.54, 1.807) is 0 Å². The Morgan fingerprint density at radius 2 is 1.52 bits per heavy atom. The van der Waals surface area contributed by atoms with Gasteiger partial charge in [0.25, 0.3) is 0 Å². The molecule has 3 heterocycles. The van der Waals surface area contributed by atoms with Gasteiger partial charge in [0.15, 0.2) is 22.8 Å². The molecule has 0 aromatic carbocycles. The monoisotopic (exact) mass is 994 g/mol. The van der Waals surface area contributed by atoms with E-state index in [9.17, 15) is 57.9 Å². The van der Waals surface area contributed by atoms with Crippen LogP contribution in [0.1, 0.15) is 110 Å². The molecule has 13 N–H and O–H groups in total. The van der Waals surface area contributed by atoms with Crippen LogP contribution in [0.4, 0.5) is 5.82 Å². The molecule has 2 amide bonds. The fraction of sp³-hybridized carbons (Fsp3) is 0.771. The highest BCUT2D eigenvalue weighted by molar-refractivity contribution is 8.13. The van der Waals surface area contributed by atoms with Crippen molar-refractivity contribution in [1.82, 2.24) is 36.3 Å². The first-order valence-corrected chi connectivity index (χ1v) is 26.1. The number of amides is 2. The van der Waals surface area contributed by atoms with Crippen molar-refractivity contribution < 1.29 is 80.5 Å². The average molecular weight is 995 g/mol. The molecule has 1 saturated heterocycles.